The minimum atomic E-state index is -0.483. The Hall–Kier alpha value is -4.21. The van der Waals surface area contributed by atoms with Gasteiger partial charge in [-0.3, -0.25) is 4.79 Å². The molecule has 0 bridgehead atoms. The van der Waals surface area contributed by atoms with Crippen LogP contribution in [0.5, 0.6) is 34.5 Å². The highest BCUT2D eigenvalue weighted by Gasteiger charge is 2.21. The molecule has 3 aromatic carbocycles. The summed E-state index contributed by atoms with van der Waals surface area (Å²) < 4.78 is 38.3. The van der Waals surface area contributed by atoms with Crippen LogP contribution in [0.1, 0.15) is 21.5 Å². The monoisotopic (exact) mass is 508 g/mol. The number of fused-ring (bicyclic) bond motifs is 1. The molecule has 194 valence electrons. The predicted octanol–water partition coefficient (Wildman–Crippen LogP) is 4.60. The zero-order valence-corrected chi connectivity index (χ0v) is 20.6. The summed E-state index contributed by atoms with van der Waals surface area (Å²) in [7, 11) is 2.92. The number of hydrogen-bond donors (Lipinski definition) is 1. The third kappa shape index (κ3) is 6.72. The number of ketones is 1. The van der Waals surface area contributed by atoms with Gasteiger partial charge in [0.2, 0.25) is 5.75 Å². The first-order valence-corrected chi connectivity index (χ1v) is 11.5. The van der Waals surface area contributed by atoms with Gasteiger partial charge in [-0.1, -0.05) is 36.4 Å². The molecule has 9 heteroatoms. The average molecular weight is 509 g/mol. The SMILES string of the molecule is COCOc1cc(O)c(C(=O)/C=C/c2cc3c(c(OCc4ccccc4)c2)OCCO3)c(OCOC)c1. The second-order valence-electron chi connectivity index (χ2n) is 7.93. The second kappa shape index (κ2) is 12.7. The molecule has 3 aromatic rings. The molecule has 1 N–H and O–H groups in total. The van der Waals surface area contributed by atoms with E-state index in [1.54, 1.807) is 18.2 Å². The summed E-state index contributed by atoms with van der Waals surface area (Å²) >= 11 is 0. The highest BCUT2D eigenvalue weighted by Crippen LogP contribution is 2.41. The van der Waals surface area contributed by atoms with E-state index in [0.717, 1.165) is 5.56 Å². The Labute approximate surface area is 214 Å². The van der Waals surface area contributed by atoms with Crippen molar-refractivity contribution in [1.82, 2.24) is 0 Å². The number of phenols is 1. The van der Waals surface area contributed by atoms with Crippen LogP contribution >= 0.6 is 0 Å². The van der Waals surface area contributed by atoms with Gasteiger partial charge < -0.3 is 38.3 Å². The number of methoxy groups -OCH3 is 2. The van der Waals surface area contributed by atoms with E-state index in [1.807, 2.05) is 30.3 Å². The van der Waals surface area contributed by atoms with Gasteiger partial charge in [0, 0.05) is 26.4 Å². The maximum absolute atomic E-state index is 13.1. The molecule has 0 atom stereocenters. The van der Waals surface area contributed by atoms with E-state index in [1.165, 1.54) is 32.4 Å². The molecule has 1 aliphatic rings. The van der Waals surface area contributed by atoms with Gasteiger partial charge in [0.25, 0.3) is 0 Å². The van der Waals surface area contributed by atoms with Crippen LogP contribution in [0.15, 0.2) is 60.7 Å². The molecule has 0 amide bonds. The van der Waals surface area contributed by atoms with E-state index in [4.69, 9.17) is 33.2 Å². The molecule has 0 saturated heterocycles. The van der Waals surface area contributed by atoms with Crippen LogP contribution in [0.25, 0.3) is 6.08 Å². The highest BCUT2D eigenvalue weighted by atomic mass is 16.7. The van der Waals surface area contributed by atoms with Gasteiger partial charge in [0.15, 0.2) is 30.9 Å². The number of carbonyl (C=O) groups excluding carboxylic acids is 1. The summed E-state index contributed by atoms with van der Waals surface area (Å²) in [5.41, 5.74) is 1.62. The Morgan fingerprint density at radius 1 is 0.919 bits per heavy atom. The van der Waals surface area contributed by atoms with Crippen molar-refractivity contribution in [1.29, 1.82) is 0 Å². The first-order chi connectivity index (χ1) is 18.1. The fraction of sp³-hybridized carbons (Fsp3) is 0.250. The third-order valence-corrected chi connectivity index (χ3v) is 5.27. The van der Waals surface area contributed by atoms with E-state index in [9.17, 15) is 9.90 Å². The Kier molecular flexibility index (Phi) is 8.85. The Balaban J connectivity index is 1.59. The van der Waals surface area contributed by atoms with Crippen molar-refractivity contribution in [3.05, 3.63) is 77.4 Å². The summed E-state index contributed by atoms with van der Waals surface area (Å²) in [6.07, 6.45) is 2.93. The molecule has 0 spiro atoms. The lowest BCUT2D eigenvalue weighted by Crippen LogP contribution is -2.16. The van der Waals surface area contributed by atoms with Crippen LogP contribution in [0, 0.1) is 0 Å². The topological polar surface area (TPSA) is 102 Å². The van der Waals surface area contributed by atoms with Crippen molar-refractivity contribution in [3.8, 4) is 34.5 Å². The van der Waals surface area contributed by atoms with E-state index in [2.05, 4.69) is 0 Å². The van der Waals surface area contributed by atoms with Gasteiger partial charge in [-0.2, -0.15) is 0 Å². The molecule has 1 aliphatic heterocycles. The number of ether oxygens (including phenoxy) is 7. The zero-order chi connectivity index (χ0) is 26.0. The molecule has 0 aliphatic carbocycles. The molecule has 0 aromatic heterocycles. The lowest BCUT2D eigenvalue weighted by atomic mass is 10.1. The van der Waals surface area contributed by atoms with Crippen molar-refractivity contribution in [3.63, 3.8) is 0 Å². The van der Waals surface area contributed by atoms with Gasteiger partial charge in [-0.25, -0.2) is 0 Å². The zero-order valence-electron chi connectivity index (χ0n) is 20.6. The summed E-state index contributed by atoms with van der Waals surface area (Å²) in [5, 5.41) is 10.6. The molecule has 9 nitrogen and oxygen atoms in total. The summed E-state index contributed by atoms with van der Waals surface area (Å²) in [5.74, 6) is 1.14. The highest BCUT2D eigenvalue weighted by molar-refractivity contribution is 6.10. The van der Waals surface area contributed by atoms with Crippen molar-refractivity contribution in [2.75, 3.05) is 41.0 Å². The predicted molar refractivity (Wildman–Crippen MR) is 135 cm³/mol. The minimum Gasteiger partial charge on any atom is -0.507 e. The first kappa shape index (κ1) is 25.9. The van der Waals surface area contributed by atoms with Gasteiger partial charge >= 0.3 is 0 Å². The standard InChI is InChI=1S/C28H28O9/c1-31-17-36-21-14-23(30)27(24(15-21)37-18-32-2)22(29)9-8-20-12-25-28(34-11-10-33-25)26(13-20)35-16-19-6-4-3-5-7-19/h3-9,12-15,30H,10-11,16-18H2,1-2H3/b9-8+. The number of hydrogen-bond acceptors (Lipinski definition) is 9. The van der Waals surface area contributed by atoms with Gasteiger partial charge in [0.1, 0.15) is 42.6 Å². The number of carbonyl (C=O) groups is 1. The van der Waals surface area contributed by atoms with Crippen LogP contribution in [0.3, 0.4) is 0 Å². The van der Waals surface area contributed by atoms with Crippen LogP contribution in [-0.2, 0) is 16.1 Å². The van der Waals surface area contributed by atoms with E-state index in [-0.39, 0.29) is 36.4 Å². The van der Waals surface area contributed by atoms with Crippen LogP contribution in [0.4, 0.5) is 0 Å². The van der Waals surface area contributed by atoms with E-state index < -0.39 is 5.78 Å². The van der Waals surface area contributed by atoms with Crippen molar-refractivity contribution < 1.29 is 43.1 Å². The number of rotatable bonds is 12. The fourth-order valence-electron chi connectivity index (χ4n) is 3.61. The smallest absolute Gasteiger partial charge is 0.203 e. The van der Waals surface area contributed by atoms with E-state index >= 15 is 0 Å². The Morgan fingerprint density at radius 2 is 1.68 bits per heavy atom. The number of phenolic OH excluding ortho intramolecular Hbond substituents is 1. The largest absolute Gasteiger partial charge is 0.507 e. The van der Waals surface area contributed by atoms with Crippen molar-refractivity contribution in [2.45, 2.75) is 6.61 Å². The Bertz CT molecular complexity index is 1240. The number of allylic oxidation sites excluding steroid dienone is 1. The van der Waals surface area contributed by atoms with Gasteiger partial charge in [-0.05, 0) is 29.3 Å². The molecular formula is C28H28O9. The minimum absolute atomic E-state index is 0.0313. The lowest BCUT2D eigenvalue weighted by molar-refractivity contribution is 0.0453. The average Bonchev–Trinajstić information content (AvgIpc) is 2.92. The maximum atomic E-state index is 13.1. The van der Waals surface area contributed by atoms with Gasteiger partial charge in [-0.15, -0.1) is 0 Å². The molecule has 1 heterocycles. The molecule has 0 radical (unpaired) electrons. The van der Waals surface area contributed by atoms with Crippen LogP contribution < -0.4 is 23.7 Å². The van der Waals surface area contributed by atoms with Crippen molar-refractivity contribution in [2.24, 2.45) is 0 Å². The first-order valence-electron chi connectivity index (χ1n) is 11.5. The lowest BCUT2D eigenvalue weighted by Gasteiger charge is -2.22. The molecule has 0 saturated carbocycles. The molecule has 37 heavy (non-hydrogen) atoms. The maximum Gasteiger partial charge on any atom is 0.203 e. The molecule has 0 fully saturated rings. The van der Waals surface area contributed by atoms with Crippen LogP contribution in [-0.4, -0.2) is 51.9 Å². The summed E-state index contributed by atoms with van der Waals surface area (Å²) in [6.45, 7) is 1.00. The molecule has 0 unspecified atom stereocenters. The number of aromatic hydroxyl groups is 1. The number of benzene rings is 3. The summed E-state index contributed by atoms with van der Waals surface area (Å²) in [4.78, 5) is 13.1. The Morgan fingerprint density at radius 3 is 2.46 bits per heavy atom. The fourth-order valence-corrected chi connectivity index (χ4v) is 3.61. The third-order valence-electron chi connectivity index (χ3n) is 5.27. The van der Waals surface area contributed by atoms with Crippen molar-refractivity contribution >= 4 is 11.9 Å². The van der Waals surface area contributed by atoms with E-state index in [0.29, 0.717) is 42.6 Å². The second-order valence-corrected chi connectivity index (χ2v) is 7.93. The quantitative estimate of drug-likeness (QED) is 0.214. The van der Waals surface area contributed by atoms with Gasteiger partial charge in [0.05, 0.1) is 0 Å². The normalized spacial score (nSPS) is 12.4. The van der Waals surface area contributed by atoms with Crippen LogP contribution in [0.2, 0.25) is 0 Å². The summed E-state index contributed by atoms with van der Waals surface area (Å²) in [6, 6.07) is 16.1. The molecular weight excluding hydrogens is 480 g/mol. The molecule has 4 rings (SSSR count).